The molecule has 1 aromatic carbocycles. The molecule has 3 aliphatic rings. The van der Waals surface area contributed by atoms with E-state index in [1.165, 1.54) is 11.1 Å². The lowest BCUT2D eigenvalue weighted by Crippen LogP contribution is -2.36. The van der Waals surface area contributed by atoms with E-state index in [2.05, 4.69) is 24.3 Å². The Balaban J connectivity index is 1.77. The second kappa shape index (κ2) is 2.86. The highest BCUT2D eigenvalue weighted by Crippen LogP contribution is 2.46. The van der Waals surface area contributed by atoms with E-state index in [0.717, 1.165) is 12.8 Å². The first-order valence-electron chi connectivity index (χ1n) is 5.89. The van der Waals surface area contributed by atoms with Crippen LogP contribution in [-0.4, -0.2) is 23.1 Å². The van der Waals surface area contributed by atoms with Crippen LogP contribution in [0.3, 0.4) is 0 Å². The van der Waals surface area contributed by atoms with E-state index in [4.69, 9.17) is 4.74 Å². The lowest BCUT2D eigenvalue weighted by Gasteiger charge is -2.19. The average molecular weight is 215 g/mol. The van der Waals surface area contributed by atoms with Crippen molar-refractivity contribution in [2.75, 3.05) is 0 Å². The molecule has 0 bridgehead atoms. The molecule has 82 valence electrons. The Bertz CT molecular complexity index is 471. The summed E-state index contributed by atoms with van der Waals surface area (Å²) in [6, 6.07) is 8.65. The van der Waals surface area contributed by atoms with Crippen molar-refractivity contribution in [1.82, 2.24) is 4.90 Å². The monoisotopic (exact) mass is 215 g/mol. The Labute approximate surface area is 94.0 Å². The summed E-state index contributed by atoms with van der Waals surface area (Å²) in [5.74, 6) is 0.269. The van der Waals surface area contributed by atoms with E-state index < -0.39 is 0 Å². The van der Waals surface area contributed by atoms with E-state index in [1.54, 1.807) is 0 Å². The molecule has 3 heteroatoms. The van der Waals surface area contributed by atoms with E-state index in [9.17, 15) is 4.79 Å². The Hall–Kier alpha value is -1.35. The van der Waals surface area contributed by atoms with E-state index in [0.29, 0.717) is 6.42 Å². The molecule has 0 saturated carbocycles. The SMILES string of the molecule is O=C1CCC2O[C@H]3c4ccccc4C[C@H]3N12. The van der Waals surface area contributed by atoms with Crippen LogP contribution in [0.2, 0.25) is 0 Å². The Morgan fingerprint density at radius 2 is 2.19 bits per heavy atom. The molecule has 1 unspecified atom stereocenters. The van der Waals surface area contributed by atoms with Gasteiger partial charge in [-0.2, -0.15) is 0 Å². The molecule has 1 amide bonds. The summed E-state index contributed by atoms with van der Waals surface area (Å²) >= 11 is 0. The molecule has 2 fully saturated rings. The second-order valence-corrected chi connectivity index (χ2v) is 4.82. The van der Waals surface area contributed by atoms with Gasteiger partial charge in [0.1, 0.15) is 12.3 Å². The molecule has 2 heterocycles. The van der Waals surface area contributed by atoms with Crippen molar-refractivity contribution in [3.63, 3.8) is 0 Å². The maximum absolute atomic E-state index is 11.8. The molecule has 3 atom stereocenters. The van der Waals surface area contributed by atoms with Crippen molar-refractivity contribution in [3.8, 4) is 0 Å². The van der Waals surface area contributed by atoms with Gasteiger partial charge in [-0.15, -0.1) is 0 Å². The van der Waals surface area contributed by atoms with Crippen molar-refractivity contribution >= 4 is 5.91 Å². The van der Waals surface area contributed by atoms with Crippen LogP contribution in [0.1, 0.15) is 30.1 Å². The quantitative estimate of drug-likeness (QED) is 0.658. The Morgan fingerprint density at radius 1 is 1.31 bits per heavy atom. The summed E-state index contributed by atoms with van der Waals surface area (Å²) in [5, 5.41) is 0. The zero-order valence-corrected chi connectivity index (χ0v) is 8.93. The first-order valence-corrected chi connectivity index (χ1v) is 5.89. The number of benzene rings is 1. The van der Waals surface area contributed by atoms with E-state index >= 15 is 0 Å². The van der Waals surface area contributed by atoms with Gasteiger partial charge in [-0.1, -0.05) is 24.3 Å². The van der Waals surface area contributed by atoms with Crippen molar-refractivity contribution in [3.05, 3.63) is 35.4 Å². The van der Waals surface area contributed by atoms with Crippen LogP contribution in [0.5, 0.6) is 0 Å². The molecule has 0 aromatic heterocycles. The number of fused-ring (bicyclic) bond motifs is 5. The van der Waals surface area contributed by atoms with Gasteiger partial charge in [-0.25, -0.2) is 0 Å². The Kier molecular flexibility index (Phi) is 1.56. The van der Waals surface area contributed by atoms with Crippen molar-refractivity contribution in [2.24, 2.45) is 0 Å². The lowest BCUT2D eigenvalue weighted by atomic mass is 10.1. The minimum Gasteiger partial charge on any atom is -0.348 e. The van der Waals surface area contributed by atoms with Gasteiger partial charge < -0.3 is 9.64 Å². The predicted molar refractivity (Wildman–Crippen MR) is 57.6 cm³/mol. The maximum atomic E-state index is 11.8. The number of carbonyl (C=O) groups is 1. The van der Waals surface area contributed by atoms with Gasteiger partial charge in [0, 0.05) is 12.8 Å². The average Bonchev–Trinajstić information content (AvgIpc) is 2.90. The molecular formula is C13H13NO2. The fourth-order valence-electron chi connectivity index (χ4n) is 3.32. The zero-order valence-electron chi connectivity index (χ0n) is 8.93. The first-order chi connectivity index (χ1) is 7.84. The van der Waals surface area contributed by atoms with Crippen LogP contribution < -0.4 is 0 Å². The molecular weight excluding hydrogens is 202 g/mol. The molecule has 2 aliphatic heterocycles. The summed E-state index contributed by atoms with van der Waals surface area (Å²) in [5.41, 5.74) is 2.63. The maximum Gasteiger partial charge on any atom is 0.225 e. The van der Waals surface area contributed by atoms with Crippen LogP contribution in [0.25, 0.3) is 0 Å². The Morgan fingerprint density at radius 3 is 3.12 bits per heavy atom. The van der Waals surface area contributed by atoms with Crippen molar-refractivity contribution in [1.29, 1.82) is 0 Å². The molecule has 1 aliphatic carbocycles. The molecule has 1 aromatic rings. The number of amides is 1. The number of ether oxygens (including phenoxy) is 1. The smallest absolute Gasteiger partial charge is 0.225 e. The van der Waals surface area contributed by atoms with Crippen LogP contribution >= 0.6 is 0 Å². The molecule has 0 N–H and O–H groups in total. The lowest BCUT2D eigenvalue weighted by molar-refractivity contribution is -0.131. The summed E-state index contributed by atoms with van der Waals surface area (Å²) in [7, 11) is 0. The minimum absolute atomic E-state index is 0.0517. The minimum atomic E-state index is 0.0517. The van der Waals surface area contributed by atoms with Gasteiger partial charge in [0.25, 0.3) is 0 Å². The first kappa shape index (κ1) is 8.76. The van der Waals surface area contributed by atoms with Crippen LogP contribution in [0.4, 0.5) is 0 Å². The number of rotatable bonds is 0. The van der Waals surface area contributed by atoms with Crippen molar-refractivity contribution < 1.29 is 9.53 Å². The fourth-order valence-corrected chi connectivity index (χ4v) is 3.32. The topological polar surface area (TPSA) is 29.5 Å². The van der Waals surface area contributed by atoms with E-state index in [1.807, 2.05) is 4.90 Å². The fraction of sp³-hybridized carbons (Fsp3) is 0.462. The van der Waals surface area contributed by atoms with Crippen LogP contribution in [-0.2, 0) is 16.0 Å². The van der Waals surface area contributed by atoms with Gasteiger partial charge in [0.05, 0.1) is 6.04 Å². The summed E-state index contributed by atoms with van der Waals surface area (Å²) < 4.78 is 6.01. The second-order valence-electron chi connectivity index (χ2n) is 4.82. The third-order valence-electron chi connectivity index (χ3n) is 4.00. The van der Waals surface area contributed by atoms with Gasteiger partial charge in [-0.05, 0) is 17.5 Å². The zero-order chi connectivity index (χ0) is 10.7. The number of nitrogens with zero attached hydrogens (tertiary/aromatic N) is 1. The van der Waals surface area contributed by atoms with Gasteiger partial charge in [0.15, 0.2) is 0 Å². The van der Waals surface area contributed by atoms with E-state index in [-0.39, 0.29) is 24.3 Å². The van der Waals surface area contributed by atoms with Crippen molar-refractivity contribution in [2.45, 2.75) is 37.6 Å². The van der Waals surface area contributed by atoms with Gasteiger partial charge in [0.2, 0.25) is 5.91 Å². The largest absolute Gasteiger partial charge is 0.348 e. The highest BCUT2D eigenvalue weighted by atomic mass is 16.5. The molecule has 0 spiro atoms. The number of hydrogen-bond acceptors (Lipinski definition) is 2. The highest BCUT2D eigenvalue weighted by molar-refractivity contribution is 5.79. The number of carbonyl (C=O) groups excluding carboxylic acids is 1. The van der Waals surface area contributed by atoms with Gasteiger partial charge >= 0.3 is 0 Å². The molecule has 4 rings (SSSR count). The molecule has 3 nitrogen and oxygen atoms in total. The van der Waals surface area contributed by atoms with Gasteiger partial charge in [-0.3, -0.25) is 4.79 Å². The predicted octanol–water partition coefficient (Wildman–Crippen LogP) is 1.63. The van der Waals surface area contributed by atoms with Crippen LogP contribution in [0, 0.1) is 0 Å². The summed E-state index contributed by atoms with van der Waals surface area (Å²) in [4.78, 5) is 13.8. The number of hydrogen-bond donors (Lipinski definition) is 0. The summed E-state index contributed by atoms with van der Waals surface area (Å²) in [6.07, 6.45) is 2.67. The molecule has 0 radical (unpaired) electrons. The van der Waals surface area contributed by atoms with Crippen LogP contribution in [0.15, 0.2) is 24.3 Å². The molecule has 2 saturated heterocycles. The third kappa shape index (κ3) is 0.944. The third-order valence-corrected chi connectivity index (χ3v) is 4.00. The summed E-state index contributed by atoms with van der Waals surface area (Å²) in [6.45, 7) is 0. The highest BCUT2D eigenvalue weighted by Gasteiger charge is 2.51. The normalized spacial score (nSPS) is 35.1. The molecule has 16 heavy (non-hydrogen) atoms. The standard InChI is InChI=1S/C13H13NO2/c15-11-5-6-12-14(11)10-7-8-3-1-2-4-9(8)13(10)16-12/h1-4,10,12-13H,5-7H2/t10-,12?,13+/m1/s1.